The Labute approximate surface area is 155 Å². The number of ketones is 2. The fourth-order valence-corrected chi connectivity index (χ4v) is 3.60. The van der Waals surface area contributed by atoms with E-state index in [2.05, 4.69) is 10.3 Å². The van der Waals surface area contributed by atoms with Crippen molar-refractivity contribution in [2.75, 3.05) is 0 Å². The molecule has 1 aliphatic heterocycles. The molecule has 2 aromatic carbocycles. The van der Waals surface area contributed by atoms with Crippen molar-refractivity contribution in [2.45, 2.75) is 19.1 Å². The largest absolute Gasteiger partial charge is 0.487 e. The smallest absolute Gasteiger partial charge is 0.234 e. The van der Waals surface area contributed by atoms with Gasteiger partial charge in [0.05, 0.1) is 18.3 Å². The molecule has 0 saturated carbocycles. The summed E-state index contributed by atoms with van der Waals surface area (Å²) in [5.74, 6) is -0.390. The van der Waals surface area contributed by atoms with Crippen LogP contribution in [0.5, 0.6) is 0 Å². The van der Waals surface area contributed by atoms with Crippen LogP contribution in [0.25, 0.3) is 17.0 Å². The van der Waals surface area contributed by atoms with Crippen molar-refractivity contribution >= 4 is 17.3 Å². The predicted octanol–water partition coefficient (Wildman–Crippen LogP) is 2.91. The molecule has 2 heterocycles. The van der Waals surface area contributed by atoms with Crippen LogP contribution in [0.1, 0.15) is 22.3 Å². The predicted molar refractivity (Wildman–Crippen MR) is 97.6 cm³/mol. The Morgan fingerprint density at radius 1 is 0.963 bits per heavy atom. The topological polar surface area (TPSA) is 74.1 Å². The molecule has 5 rings (SSSR count). The molecule has 0 amide bonds. The molecule has 132 valence electrons. The molecular weight excluding hydrogens is 342 g/mol. The minimum Gasteiger partial charge on any atom is -0.487 e. The highest BCUT2D eigenvalue weighted by molar-refractivity contribution is 6.52. The maximum absolute atomic E-state index is 12.4. The fraction of sp³-hybridized carbons (Fsp3) is 0.143. The van der Waals surface area contributed by atoms with Gasteiger partial charge in [0.1, 0.15) is 17.6 Å². The third-order valence-corrected chi connectivity index (χ3v) is 4.89. The number of carbonyl (C=O) groups excluding carboxylic acids is 2. The van der Waals surface area contributed by atoms with E-state index in [1.807, 2.05) is 48.7 Å². The molecule has 0 radical (unpaired) electrons. The Morgan fingerprint density at radius 3 is 2.52 bits per heavy atom. The highest BCUT2D eigenvalue weighted by Gasteiger charge is 2.40. The second-order valence-corrected chi connectivity index (χ2v) is 6.65. The molecule has 0 bridgehead atoms. The first-order valence-corrected chi connectivity index (χ1v) is 8.74. The first kappa shape index (κ1) is 15.7. The molecule has 0 fully saturated rings. The van der Waals surface area contributed by atoms with E-state index < -0.39 is 11.6 Å². The van der Waals surface area contributed by atoms with Crippen LogP contribution in [-0.4, -0.2) is 32.7 Å². The van der Waals surface area contributed by atoms with Crippen LogP contribution in [0, 0.1) is 0 Å². The number of carbonyl (C=O) groups is 2. The average Bonchev–Trinajstić information content (AvgIpc) is 3.35. The van der Waals surface area contributed by atoms with Gasteiger partial charge in [-0.2, -0.15) is 0 Å². The van der Waals surface area contributed by atoms with Gasteiger partial charge in [0, 0.05) is 23.1 Å². The monoisotopic (exact) mass is 357 g/mol. The standard InChI is InChI=1S/C21H15N3O3/c25-19-15-8-4-5-9-16(15)21-17(20(19)26)10-14(27-21)11-24-12-18(22-23-24)13-6-2-1-3-7-13/h1-9,12,14H,10-11H2. The quantitative estimate of drug-likeness (QED) is 0.674. The van der Waals surface area contributed by atoms with Gasteiger partial charge in [-0.3, -0.25) is 9.59 Å². The molecule has 27 heavy (non-hydrogen) atoms. The lowest BCUT2D eigenvalue weighted by atomic mass is 9.88. The summed E-state index contributed by atoms with van der Waals surface area (Å²) < 4.78 is 7.76. The van der Waals surface area contributed by atoms with Gasteiger partial charge in [0.15, 0.2) is 0 Å². The van der Waals surface area contributed by atoms with Crippen molar-refractivity contribution in [3.05, 3.63) is 77.5 Å². The minimum atomic E-state index is -0.463. The molecule has 1 unspecified atom stereocenters. The van der Waals surface area contributed by atoms with E-state index >= 15 is 0 Å². The summed E-state index contributed by atoms with van der Waals surface area (Å²) in [5.41, 5.74) is 3.34. The summed E-state index contributed by atoms with van der Waals surface area (Å²) in [6.07, 6.45) is 1.99. The minimum absolute atomic E-state index is 0.261. The van der Waals surface area contributed by atoms with Gasteiger partial charge in [-0.25, -0.2) is 4.68 Å². The number of ether oxygens (including phenoxy) is 1. The van der Waals surface area contributed by atoms with E-state index in [1.54, 1.807) is 16.8 Å². The molecule has 0 saturated heterocycles. The number of hydrogen-bond acceptors (Lipinski definition) is 5. The van der Waals surface area contributed by atoms with Gasteiger partial charge in [-0.05, 0) is 0 Å². The van der Waals surface area contributed by atoms with Gasteiger partial charge in [-0.1, -0.05) is 59.8 Å². The number of benzene rings is 2. The zero-order chi connectivity index (χ0) is 18.4. The normalized spacial score (nSPS) is 18.3. The number of Topliss-reactive ketones (excluding diaryl/α,β-unsaturated/α-hetero) is 2. The molecule has 1 aromatic heterocycles. The zero-order valence-corrected chi connectivity index (χ0v) is 14.3. The second kappa shape index (κ2) is 6.02. The summed E-state index contributed by atoms with van der Waals surface area (Å²) in [7, 11) is 0. The van der Waals surface area contributed by atoms with E-state index in [4.69, 9.17) is 4.74 Å². The van der Waals surface area contributed by atoms with Crippen LogP contribution >= 0.6 is 0 Å². The van der Waals surface area contributed by atoms with Crippen molar-refractivity contribution in [2.24, 2.45) is 0 Å². The Hall–Kier alpha value is -3.54. The number of hydrogen-bond donors (Lipinski definition) is 0. The van der Waals surface area contributed by atoms with Crippen LogP contribution in [0.15, 0.2) is 66.4 Å². The van der Waals surface area contributed by atoms with E-state index in [-0.39, 0.29) is 6.10 Å². The van der Waals surface area contributed by atoms with Crippen molar-refractivity contribution in [3.63, 3.8) is 0 Å². The van der Waals surface area contributed by atoms with Crippen molar-refractivity contribution in [1.29, 1.82) is 0 Å². The molecule has 6 nitrogen and oxygen atoms in total. The molecule has 1 aliphatic carbocycles. The second-order valence-electron chi connectivity index (χ2n) is 6.65. The fourth-order valence-electron chi connectivity index (χ4n) is 3.60. The summed E-state index contributed by atoms with van der Waals surface area (Å²) in [4.78, 5) is 24.8. The molecule has 2 aliphatic rings. The number of fused-ring (bicyclic) bond motifs is 2. The molecule has 1 atom stereocenters. The van der Waals surface area contributed by atoms with Crippen molar-refractivity contribution in [3.8, 4) is 11.3 Å². The first-order chi connectivity index (χ1) is 13.2. The summed E-state index contributed by atoms with van der Waals surface area (Å²) in [5, 5.41) is 8.37. The van der Waals surface area contributed by atoms with Gasteiger partial charge in [0.2, 0.25) is 11.6 Å². The lowest BCUT2D eigenvalue weighted by Gasteiger charge is -2.16. The van der Waals surface area contributed by atoms with Crippen LogP contribution in [0.2, 0.25) is 0 Å². The lowest BCUT2D eigenvalue weighted by molar-refractivity contribution is -0.112. The highest BCUT2D eigenvalue weighted by Crippen LogP contribution is 2.39. The SMILES string of the molecule is O=C1C(=O)c2ccccc2C2=C1CC(Cn1cc(-c3ccccc3)nn1)O2. The summed E-state index contributed by atoms with van der Waals surface area (Å²) >= 11 is 0. The Kier molecular flexibility index (Phi) is 3.50. The molecule has 6 heteroatoms. The van der Waals surface area contributed by atoms with Crippen LogP contribution in [0.3, 0.4) is 0 Å². The van der Waals surface area contributed by atoms with Crippen molar-refractivity contribution < 1.29 is 14.3 Å². The molecular formula is C21H15N3O3. The number of aromatic nitrogens is 3. The van der Waals surface area contributed by atoms with E-state index in [0.717, 1.165) is 11.3 Å². The number of nitrogens with zero attached hydrogens (tertiary/aromatic N) is 3. The third-order valence-electron chi connectivity index (χ3n) is 4.89. The van der Waals surface area contributed by atoms with Gasteiger partial charge >= 0.3 is 0 Å². The van der Waals surface area contributed by atoms with Gasteiger partial charge < -0.3 is 4.74 Å². The van der Waals surface area contributed by atoms with Crippen LogP contribution in [0.4, 0.5) is 0 Å². The zero-order valence-electron chi connectivity index (χ0n) is 14.3. The third kappa shape index (κ3) is 2.57. The maximum atomic E-state index is 12.4. The van der Waals surface area contributed by atoms with E-state index in [1.165, 1.54) is 0 Å². The van der Waals surface area contributed by atoms with E-state index in [9.17, 15) is 9.59 Å². The van der Waals surface area contributed by atoms with Gasteiger partial charge in [-0.15, -0.1) is 5.10 Å². The molecule has 0 spiro atoms. The van der Waals surface area contributed by atoms with Crippen LogP contribution in [-0.2, 0) is 16.1 Å². The Balaban J connectivity index is 1.38. The number of rotatable bonds is 3. The first-order valence-electron chi connectivity index (χ1n) is 8.74. The summed E-state index contributed by atoms with van der Waals surface area (Å²) in [6.45, 7) is 0.455. The Bertz CT molecular complexity index is 1100. The van der Waals surface area contributed by atoms with E-state index in [0.29, 0.717) is 35.4 Å². The summed E-state index contributed by atoms with van der Waals surface area (Å²) in [6, 6.07) is 16.9. The highest BCUT2D eigenvalue weighted by atomic mass is 16.5. The maximum Gasteiger partial charge on any atom is 0.234 e. The lowest BCUT2D eigenvalue weighted by Crippen LogP contribution is -2.22. The molecule has 3 aromatic rings. The molecule has 0 N–H and O–H groups in total. The van der Waals surface area contributed by atoms with Crippen molar-refractivity contribution in [1.82, 2.24) is 15.0 Å². The van der Waals surface area contributed by atoms with Gasteiger partial charge in [0.25, 0.3) is 0 Å². The average molecular weight is 357 g/mol. The Morgan fingerprint density at radius 2 is 1.70 bits per heavy atom. The van der Waals surface area contributed by atoms with Crippen LogP contribution < -0.4 is 0 Å².